The SMILES string of the molecule is Cc1ccc2nc(C3CCCN(C=O)C3)[nH]c2c1. The second-order valence-electron chi connectivity index (χ2n) is 5.08. The van der Waals surface area contributed by atoms with Crippen molar-refractivity contribution in [3.8, 4) is 0 Å². The fraction of sp³-hybridized carbons (Fsp3) is 0.429. The number of aromatic nitrogens is 2. The topological polar surface area (TPSA) is 49.0 Å². The summed E-state index contributed by atoms with van der Waals surface area (Å²) in [6, 6.07) is 6.24. The smallest absolute Gasteiger partial charge is 0.209 e. The molecule has 0 spiro atoms. The highest BCUT2D eigenvalue weighted by molar-refractivity contribution is 5.75. The first-order valence-electron chi connectivity index (χ1n) is 6.42. The fourth-order valence-corrected chi connectivity index (χ4v) is 2.66. The van der Waals surface area contributed by atoms with Crippen LogP contribution in [0.3, 0.4) is 0 Å². The number of hydrogen-bond donors (Lipinski definition) is 1. The van der Waals surface area contributed by atoms with Crippen molar-refractivity contribution in [3.63, 3.8) is 0 Å². The number of carbonyl (C=O) groups excluding carboxylic acids is 1. The quantitative estimate of drug-likeness (QED) is 0.822. The van der Waals surface area contributed by atoms with Crippen LogP contribution in [0.1, 0.15) is 30.1 Å². The Kier molecular flexibility index (Phi) is 2.78. The van der Waals surface area contributed by atoms with E-state index in [-0.39, 0.29) is 0 Å². The minimum absolute atomic E-state index is 0.344. The third-order valence-corrected chi connectivity index (χ3v) is 3.64. The van der Waals surface area contributed by atoms with E-state index < -0.39 is 0 Å². The van der Waals surface area contributed by atoms with Gasteiger partial charge in [0, 0.05) is 19.0 Å². The van der Waals surface area contributed by atoms with Gasteiger partial charge >= 0.3 is 0 Å². The van der Waals surface area contributed by atoms with Crippen LogP contribution in [-0.2, 0) is 4.79 Å². The molecule has 1 aromatic heterocycles. The van der Waals surface area contributed by atoms with Crippen LogP contribution >= 0.6 is 0 Å². The number of carbonyl (C=O) groups is 1. The summed E-state index contributed by atoms with van der Waals surface area (Å²) in [4.78, 5) is 20.7. The van der Waals surface area contributed by atoms with E-state index >= 15 is 0 Å². The normalized spacial score (nSPS) is 20.3. The number of aromatic amines is 1. The van der Waals surface area contributed by atoms with Crippen LogP contribution in [0.25, 0.3) is 11.0 Å². The molecule has 1 aliphatic heterocycles. The lowest BCUT2D eigenvalue weighted by Gasteiger charge is -2.28. The van der Waals surface area contributed by atoms with Crippen LogP contribution in [0, 0.1) is 6.92 Å². The average molecular weight is 243 g/mol. The molecule has 4 heteroatoms. The zero-order chi connectivity index (χ0) is 12.5. The van der Waals surface area contributed by atoms with Crippen molar-refractivity contribution in [1.29, 1.82) is 0 Å². The van der Waals surface area contributed by atoms with Gasteiger partial charge < -0.3 is 9.88 Å². The summed E-state index contributed by atoms with van der Waals surface area (Å²) < 4.78 is 0. The summed E-state index contributed by atoms with van der Waals surface area (Å²) >= 11 is 0. The van der Waals surface area contributed by atoms with Gasteiger partial charge in [-0.2, -0.15) is 0 Å². The monoisotopic (exact) mass is 243 g/mol. The van der Waals surface area contributed by atoms with E-state index in [4.69, 9.17) is 0 Å². The summed E-state index contributed by atoms with van der Waals surface area (Å²) in [5.74, 6) is 1.36. The zero-order valence-corrected chi connectivity index (χ0v) is 10.5. The third kappa shape index (κ3) is 1.98. The molecule has 1 amide bonds. The predicted molar refractivity (Wildman–Crippen MR) is 70.4 cm³/mol. The fourth-order valence-electron chi connectivity index (χ4n) is 2.66. The molecular formula is C14H17N3O. The number of imidazole rings is 1. The molecule has 1 fully saturated rings. The van der Waals surface area contributed by atoms with Gasteiger partial charge in [-0.25, -0.2) is 4.98 Å². The van der Waals surface area contributed by atoms with Crippen molar-refractivity contribution in [2.75, 3.05) is 13.1 Å². The van der Waals surface area contributed by atoms with Gasteiger partial charge in [0.05, 0.1) is 11.0 Å². The number of hydrogen-bond acceptors (Lipinski definition) is 2. The second-order valence-corrected chi connectivity index (χ2v) is 5.08. The molecule has 1 N–H and O–H groups in total. The minimum Gasteiger partial charge on any atom is -0.345 e. The van der Waals surface area contributed by atoms with E-state index in [1.807, 2.05) is 11.0 Å². The number of likely N-dealkylation sites (tertiary alicyclic amines) is 1. The lowest BCUT2D eigenvalue weighted by atomic mass is 9.98. The van der Waals surface area contributed by atoms with Gasteiger partial charge in [0.1, 0.15) is 5.82 Å². The number of benzene rings is 1. The molecular weight excluding hydrogens is 226 g/mol. The van der Waals surface area contributed by atoms with E-state index in [1.165, 1.54) is 5.56 Å². The van der Waals surface area contributed by atoms with Crippen LogP contribution in [0.4, 0.5) is 0 Å². The molecule has 94 valence electrons. The summed E-state index contributed by atoms with van der Waals surface area (Å²) in [6.07, 6.45) is 3.10. The van der Waals surface area contributed by atoms with Crippen LogP contribution in [0.5, 0.6) is 0 Å². The highest BCUT2D eigenvalue weighted by atomic mass is 16.1. The van der Waals surface area contributed by atoms with E-state index in [0.29, 0.717) is 5.92 Å². The molecule has 0 saturated carbocycles. The first-order chi connectivity index (χ1) is 8.76. The second kappa shape index (κ2) is 4.44. The Hall–Kier alpha value is -1.84. The van der Waals surface area contributed by atoms with Gasteiger partial charge in [-0.05, 0) is 37.5 Å². The van der Waals surface area contributed by atoms with E-state index in [9.17, 15) is 4.79 Å². The number of fused-ring (bicyclic) bond motifs is 1. The van der Waals surface area contributed by atoms with E-state index in [0.717, 1.165) is 49.2 Å². The molecule has 1 unspecified atom stereocenters. The summed E-state index contributed by atoms with van der Waals surface area (Å²) in [5, 5.41) is 0. The Labute approximate surface area is 106 Å². The number of nitrogens with one attached hydrogen (secondary N) is 1. The maximum Gasteiger partial charge on any atom is 0.209 e. The van der Waals surface area contributed by atoms with Crippen molar-refractivity contribution in [3.05, 3.63) is 29.6 Å². The van der Waals surface area contributed by atoms with Crippen molar-refractivity contribution in [2.24, 2.45) is 0 Å². The molecule has 2 aromatic rings. The first kappa shape index (κ1) is 11.3. The van der Waals surface area contributed by atoms with Crippen molar-refractivity contribution >= 4 is 17.4 Å². The standard InChI is InChI=1S/C14H17N3O/c1-10-4-5-12-13(7-10)16-14(15-12)11-3-2-6-17(8-11)9-18/h4-5,7,9,11H,2-3,6,8H2,1H3,(H,15,16). The van der Waals surface area contributed by atoms with E-state index in [1.54, 1.807) is 0 Å². The van der Waals surface area contributed by atoms with E-state index in [2.05, 4.69) is 29.0 Å². The minimum atomic E-state index is 0.344. The maximum absolute atomic E-state index is 10.8. The highest BCUT2D eigenvalue weighted by Gasteiger charge is 2.22. The molecule has 3 rings (SSSR count). The third-order valence-electron chi connectivity index (χ3n) is 3.64. The predicted octanol–water partition coefficient (Wildman–Crippen LogP) is 2.21. The van der Waals surface area contributed by atoms with Crippen molar-refractivity contribution < 1.29 is 4.79 Å². The van der Waals surface area contributed by atoms with Gasteiger partial charge in [-0.1, -0.05) is 6.07 Å². The van der Waals surface area contributed by atoms with Crippen LogP contribution in [0.2, 0.25) is 0 Å². The Morgan fingerprint density at radius 3 is 3.22 bits per heavy atom. The Bertz CT molecular complexity index is 575. The average Bonchev–Trinajstić information content (AvgIpc) is 2.81. The molecule has 1 aromatic carbocycles. The highest BCUT2D eigenvalue weighted by Crippen LogP contribution is 2.26. The number of piperidine rings is 1. The molecule has 0 radical (unpaired) electrons. The lowest BCUT2D eigenvalue weighted by molar-refractivity contribution is -0.119. The summed E-state index contributed by atoms with van der Waals surface area (Å²) in [6.45, 7) is 3.73. The zero-order valence-electron chi connectivity index (χ0n) is 10.5. The number of rotatable bonds is 2. The lowest BCUT2D eigenvalue weighted by Crippen LogP contribution is -2.33. The van der Waals surface area contributed by atoms with Gasteiger partial charge in [0.15, 0.2) is 0 Å². The van der Waals surface area contributed by atoms with Crippen molar-refractivity contribution in [2.45, 2.75) is 25.7 Å². The number of H-pyrrole nitrogens is 1. The molecule has 0 aliphatic carbocycles. The number of nitrogens with zero attached hydrogens (tertiary/aromatic N) is 2. The molecule has 1 aliphatic rings. The van der Waals surface area contributed by atoms with Crippen LogP contribution in [-0.4, -0.2) is 34.4 Å². The maximum atomic E-state index is 10.8. The summed E-state index contributed by atoms with van der Waals surface area (Å²) in [5.41, 5.74) is 3.34. The first-order valence-corrected chi connectivity index (χ1v) is 6.42. The molecule has 1 saturated heterocycles. The molecule has 2 heterocycles. The van der Waals surface area contributed by atoms with Gasteiger partial charge in [-0.15, -0.1) is 0 Å². The Morgan fingerprint density at radius 2 is 2.39 bits per heavy atom. The van der Waals surface area contributed by atoms with Gasteiger partial charge in [0.25, 0.3) is 0 Å². The number of amides is 1. The molecule has 18 heavy (non-hydrogen) atoms. The van der Waals surface area contributed by atoms with Crippen molar-refractivity contribution in [1.82, 2.24) is 14.9 Å². The van der Waals surface area contributed by atoms with Gasteiger partial charge in [0.2, 0.25) is 6.41 Å². The molecule has 1 atom stereocenters. The largest absolute Gasteiger partial charge is 0.345 e. The van der Waals surface area contributed by atoms with Gasteiger partial charge in [-0.3, -0.25) is 4.79 Å². The van der Waals surface area contributed by atoms with Crippen LogP contribution in [0.15, 0.2) is 18.2 Å². The number of aryl methyl sites for hydroxylation is 1. The Morgan fingerprint density at radius 1 is 1.50 bits per heavy atom. The molecule has 0 bridgehead atoms. The summed E-state index contributed by atoms with van der Waals surface area (Å²) in [7, 11) is 0. The van der Waals surface area contributed by atoms with Crippen LogP contribution < -0.4 is 0 Å². The Balaban J connectivity index is 1.91. The molecule has 4 nitrogen and oxygen atoms in total.